The number of carbonyl (C=O) groups is 2. The second-order valence-corrected chi connectivity index (χ2v) is 6.66. The lowest BCUT2D eigenvalue weighted by Gasteiger charge is -2.27. The molecule has 2 unspecified atom stereocenters. The summed E-state index contributed by atoms with van der Waals surface area (Å²) in [6.07, 6.45) is 2.00. The van der Waals surface area contributed by atoms with E-state index in [-0.39, 0.29) is 36.1 Å². The highest BCUT2D eigenvalue weighted by atomic mass is 19.1. The van der Waals surface area contributed by atoms with E-state index in [2.05, 4.69) is 5.32 Å². The zero-order chi connectivity index (χ0) is 18.5. The molecule has 1 fully saturated rings. The van der Waals surface area contributed by atoms with Gasteiger partial charge in [-0.1, -0.05) is 42.5 Å². The van der Waals surface area contributed by atoms with E-state index in [0.29, 0.717) is 6.54 Å². The number of nitrogens with one attached hydrogen (secondary N) is 1. The largest absolute Gasteiger partial charge is 0.349 e. The molecule has 5 heteroatoms. The molecule has 3 rings (SSSR count). The molecule has 26 heavy (non-hydrogen) atoms. The Kier molecular flexibility index (Phi) is 5.66. The standard InChI is InChI=1S/C21H23FN2O2/c1-15(25)23-19(16-6-3-2-4-7-16)14-21(26)24-13-5-8-20(24)17-9-11-18(22)12-10-17/h2-4,6-7,9-12,19-20H,5,8,13-14H2,1H3,(H,23,25). The lowest BCUT2D eigenvalue weighted by atomic mass is 10.0. The molecule has 2 amide bonds. The van der Waals surface area contributed by atoms with Crippen molar-refractivity contribution in [1.82, 2.24) is 10.2 Å². The molecule has 0 aromatic heterocycles. The molecule has 2 aromatic rings. The van der Waals surface area contributed by atoms with Gasteiger partial charge < -0.3 is 10.2 Å². The summed E-state index contributed by atoms with van der Waals surface area (Å²) < 4.78 is 13.2. The van der Waals surface area contributed by atoms with E-state index in [0.717, 1.165) is 24.0 Å². The molecule has 4 nitrogen and oxygen atoms in total. The number of amides is 2. The van der Waals surface area contributed by atoms with Crippen LogP contribution in [0, 0.1) is 5.82 Å². The Morgan fingerprint density at radius 1 is 1.15 bits per heavy atom. The average Bonchev–Trinajstić information content (AvgIpc) is 3.12. The molecule has 2 atom stereocenters. The minimum atomic E-state index is -0.351. The highest BCUT2D eigenvalue weighted by Gasteiger charge is 2.31. The normalized spacial score (nSPS) is 17.8. The third-order valence-electron chi connectivity index (χ3n) is 4.79. The van der Waals surface area contributed by atoms with Gasteiger partial charge in [0.05, 0.1) is 18.5 Å². The zero-order valence-corrected chi connectivity index (χ0v) is 14.8. The van der Waals surface area contributed by atoms with E-state index in [4.69, 9.17) is 0 Å². The monoisotopic (exact) mass is 354 g/mol. The van der Waals surface area contributed by atoms with Crippen molar-refractivity contribution >= 4 is 11.8 Å². The first-order valence-corrected chi connectivity index (χ1v) is 8.91. The van der Waals surface area contributed by atoms with Gasteiger partial charge in [0.15, 0.2) is 0 Å². The van der Waals surface area contributed by atoms with Gasteiger partial charge in [-0.15, -0.1) is 0 Å². The van der Waals surface area contributed by atoms with E-state index in [1.807, 2.05) is 35.2 Å². The van der Waals surface area contributed by atoms with Crippen LogP contribution in [-0.2, 0) is 9.59 Å². The first-order valence-electron chi connectivity index (χ1n) is 8.91. The van der Waals surface area contributed by atoms with Crippen molar-refractivity contribution in [2.24, 2.45) is 0 Å². The van der Waals surface area contributed by atoms with E-state index < -0.39 is 0 Å². The van der Waals surface area contributed by atoms with Gasteiger partial charge in [0.1, 0.15) is 5.82 Å². The molecule has 0 spiro atoms. The molecular formula is C21H23FN2O2. The number of carbonyl (C=O) groups excluding carboxylic acids is 2. The van der Waals surface area contributed by atoms with E-state index in [9.17, 15) is 14.0 Å². The molecule has 0 saturated carbocycles. The molecule has 0 bridgehead atoms. The topological polar surface area (TPSA) is 49.4 Å². The molecule has 136 valence electrons. The predicted octanol–water partition coefficient (Wildman–Crippen LogP) is 3.76. The van der Waals surface area contributed by atoms with Crippen molar-refractivity contribution in [1.29, 1.82) is 0 Å². The fourth-order valence-electron chi connectivity index (χ4n) is 3.57. The Bertz CT molecular complexity index is 761. The van der Waals surface area contributed by atoms with Gasteiger partial charge in [0.2, 0.25) is 11.8 Å². The minimum absolute atomic E-state index is 0.000530. The van der Waals surface area contributed by atoms with Crippen LogP contribution in [-0.4, -0.2) is 23.3 Å². The molecule has 1 N–H and O–H groups in total. The minimum Gasteiger partial charge on any atom is -0.349 e. The third-order valence-corrected chi connectivity index (χ3v) is 4.79. The number of rotatable bonds is 5. The van der Waals surface area contributed by atoms with Crippen molar-refractivity contribution in [3.63, 3.8) is 0 Å². The molecule has 1 heterocycles. The highest BCUT2D eigenvalue weighted by molar-refractivity contribution is 5.80. The number of likely N-dealkylation sites (tertiary alicyclic amines) is 1. The van der Waals surface area contributed by atoms with Gasteiger partial charge in [-0.3, -0.25) is 9.59 Å². The van der Waals surface area contributed by atoms with Crippen molar-refractivity contribution < 1.29 is 14.0 Å². The lowest BCUT2D eigenvalue weighted by molar-refractivity contribution is -0.133. The van der Waals surface area contributed by atoms with Gasteiger partial charge in [0, 0.05) is 13.5 Å². The number of hydrogen-bond donors (Lipinski definition) is 1. The molecule has 1 aliphatic rings. The van der Waals surface area contributed by atoms with Crippen molar-refractivity contribution in [2.75, 3.05) is 6.54 Å². The number of nitrogens with zero attached hydrogens (tertiary/aromatic N) is 1. The van der Waals surface area contributed by atoms with Crippen LogP contribution in [0.1, 0.15) is 49.4 Å². The third kappa shape index (κ3) is 4.28. The van der Waals surface area contributed by atoms with Gasteiger partial charge in [-0.05, 0) is 36.1 Å². The molecule has 2 aromatic carbocycles. The van der Waals surface area contributed by atoms with Crippen molar-refractivity contribution in [3.8, 4) is 0 Å². The fourth-order valence-corrected chi connectivity index (χ4v) is 3.57. The van der Waals surface area contributed by atoms with Gasteiger partial charge in [0.25, 0.3) is 0 Å². The van der Waals surface area contributed by atoms with E-state index in [1.54, 1.807) is 12.1 Å². The lowest BCUT2D eigenvalue weighted by Crippen LogP contribution is -2.35. The molecule has 0 radical (unpaired) electrons. The Hall–Kier alpha value is -2.69. The maximum absolute atomic E-state index is 13.2. The summed E-state index contributed by atoms with van der Waals surface area (Å²) in [7, 11) is 0. The molecule has 0 aliphatic carbocycles. The maximum Gasteiger partial charge on any atom is 0.225 e. The maximum atomic E-state index is 13.2. The van der Waals surface area contributed by atoms with Crippen LogP contribution in [0.2, 0.25) is 0 Å². The summed E-state index contributed by atoms with van der Waals surface area (Å²) in [5.41, 5.74) is 1.86. The van der Waals surface area contributed by atoms with E-state index >= 15 is 0 Å². The Morgan fingerprint density at radius 2 is 1.85 bits per heavy atom. The van der Waals surface area contributed by atoms with Crippen LogP contribution in [0.4, 0.5) is 4.39 Å². The summed E-state index contributed by atoms with van der Waals surface area (Å²) in [6, 6.07) is 15.5. The summed E-state index contributed by atoms with van der Waals surface area (Å²) in [4.78, 5) is 26.4. The zero-order valence-electron chi connectivity index (χ0n) is 14.8. The Balaban J connectivity index is 1.75. The average molecular weight is 354 g/mol. The molecular weight excluding hydrogens is 331 g/mol. The van der Waals surface area contributed by atoms with Crippen LogP contribution in [0.15, 0.2) is 54.6 Å². The first kappa shape index (κ1) is 18.1. The van der Waals surface area contributed by atoms with Crippen LogP contribution in [0.5, 0.6) is 0 Å². The number of hydrogen-bond acceptors (Lipinski definition) is 2. The number of benzene rings is 2. The van der Waals surface area contributed by atoms with Crippen LogP contribution in [0.25, 0.3) is 0 Å². The van der Waals surface area contributed by atoms with E-state index in [1.165, 1.54) is 19.1 Å². The highest BCUT2D eigenvalue weighted by Crippen LogP contribution is 2.33. The summed E-state index contributed by atoms with van der Waals surface area (Å²) in [5, 5.41) is 2.88. The summed E-state index contributed by atoms with van der Waals surface area (Å²) in [5.74, 6) is -0.443. The second kappa shape index (κ2) is 8.13. The summed E-state index contributed by atoms with van der Waals surface area (Å²) in [6.45, 7) is 2.14. The molecule has 1 aliphatic heterocycles. The van der Waals surface area contributed by atoms with Crippen LogP contribution >= 0.6 is 0 Å². The van der Waals surface area contributed by atoms with Crippen molar-refractivity contribution in [3.05, 3.63) is 71.5 Å². The SMILES string of the molecule is CC(=O)NC(CC(=O)N1CCCC1c1ccc(F)cc1)c1ccccc1. The molecule has 1 saturated heterocycles. The van der Waals surface area contributed by atoms with Crippen molar-refractivity contribution in [2.45, 2.75) is 38.3 Å². The first-order chi connectivity index (χ1) is 12.5. The van der Waals surface area contributed by atoms with Gasteiger partial charge >= 0.3 is 0 Å². The van der Waals surface area contributed by atoms with Gasteiger partial charge in [-0.25, -0.2) is 4.39 Å². The second-order valence-electron chi connectivity index (χ2n) is 6.66. The van der Waals surface area contributed by atoms with Gasteiger partial charge in [-0.2, -0.15) is 0 Å². The smallest absolute Gasteiger partial charge is 0.225 e. The quantitative estimate of drug-likeness (QED) is 0.889. The Morgan fingerprint density at radius 3 is 2.50 bits per heavy atom. The fraction of sp³-hybridized carbons (Fsp3) is 0.333. The van der Waals surface area contributed by atoms with Crippen LogP contribution in [0.3, 0.4) is 0 Å². The Labute approximate surface area is 153 Å². The van der Waals surface area contributed by atoms with Crippen LogP contribution < -0.4 is 5.32 Å². The predicted molar refractivity (Wildman–Crippen MR) is 97.7 cm³/mol. The number of halogens is 1. The summed E-state index contributed by atoms with van der Waals surface area (Å²) >= 11 is 0.